The Morgan fingerprint density at radius 2 is 1.84 bits per heavy atom. The number of nitrogens with one attached hydrogen (secondary N) is 1. The molecule has 0 fully saturated rings. The summed E-state index contributed by atoms with van der Waals surface area (Å²) in [5.74, 6) is -0.345. The maximum atomic E-state index is 13.5. The molecule has 8 heteroatoms. The zero-order chi connectivity index (χ0) is 23.7. The van der Waals surface area contributed by atoms with Crippen LogP contribution in [0, 0.1) is 0 Å². The van der Waals surface area contributed by atoms with Crippen LogP contribution < -0.4 is 10.2 Å². The van der Waals surface area contributed by atoms with Crippen molar-refractivity contribution in [1.82, 2.24) is 5.32 Å². The molecule has 3 rings (SSSR count). The van der Waals surface area contributed by atoms with E-state index < -0.39 is 27.6 Å². The van der Waals surface area contributed by atoms with Crippen LogP contribution in [0.1, 0.15) is 51.8 Å². The van der Waals surface area contributed by atoms with E-state index in [1.807, 2.05) is 37.3 Å². The monoisotopic (exact) mass is 458 g/mol. The number of nitrogens with zero attached hydrogens (tertiary/aromatic N) is 1. The van der Waals surface area contributed by atoms with E-state index in [2.05, 4.69) is 5.32 Å². The number of carbonyl (C=O) groups excluding carboxylic acids is 2. The topological polar surface area (TPSA) is 92.8 Å². The summed E-state index contributed by atoms with van der Waals surface area (Å²) in [5.41, 5.74) is 1.53. The Balaban J connectivity index is 2.04. The van der Waals surface area contributed by atoms with Crippen LogP contribution >= 0.6 is 0 Å². The first kappa shape index (κ1) is 23.8. The van der Waals surface area contributed by atoms with Gasteiger partial charge in [0.05, 0.1) is 16.7 Å². The van der Waals surface area contributed by atoms with Gasteiger partial charge in [0, 0.05) is 12.1 Å². The van der Waals surface area contributed by atoms with E-state index >= 15 is 0 Å². The molecule has 0 spiro atoms. The van der Waals surface area contributed by atoms with Gasteiger partial charge >= 0.3 is 6.09 Å². The summed E-state index contributed by atoms with van der Waals surface area (Å²) in [5, 5.41) is 2.69. The molecular weight excluding hydrogens is 428 g/mol. The molecule has 1 N–H and O–H groups in total. The molecule has 1 aliphatic rings. The SMILES string of the molecule is CCS(=O)(=O)c1ccc2c(c1)N([C@@H](C)c1ccccc1)C(=O)[C@H](NC(=O)OC(C)(C)C)C2. The van der Waals surface area contributed by atoms with Crippen molar-refractivity contribution in [3.8, 4) is 0 Å². The second kappa shape index (κ2) is 8.94. The molecule has 2 amide bonds. The second-order valence-electron chi connectivity index (χ2n) is 8.89. The van der Waals surface area contributed by atoms with E-state index in [0.717, 1.165) is 11.1 Å². The van der Waals surface area contributed by atoms with E-state index in [0.29, 0.717) is 5.69 Å². The minimum absolute atomic E-state index is 0.0310. The standard InChI is InChI=1S/C24H30N2O5S/c1-6-32(29,30)19-13-12-18-14-20(25-23(28)31-24(3,4)5)22(27)26(21(18)15-19)16(2)17-10-8-7-9-11-17/h7-13,15-16,20H,6,14H2,1-5H3,(H,25,28)/t16-,20+/m0/s1. The average Bonchev–Trinajstić information content (AvgIpc) is 2.73. The normalized spacial score (nSPS) is 17.5. The van der Waals surface area contributed by atoms with Gasteiger partial charge in [-0.05, 0) is 51.0 Å². The number of ether oxygens (including phenoxy) is 1. The van der Waals surface area contributed by atoms with Gasteiger partial charge in [0.25, 0.3) is 5.91 Å². The third-order valence-corrected chi connectivity index (χ3v) is 7.11. The summed E-state index contributed by atoms with van der Waals surface area (Å²) in [6.07, 6.45) is -0.422. The number of hydrogen-bond donors (Lipinski definition) is 1. The molecule has 0 aliphatic carbocycles. The zero-order valence-corrected chi connectivity index (χ0v) is 19.9. The van der Waals surface area contributed by atoms with Gasteiger partial charge in [-0.3, -0.25) is 4.79 Å². The Morgan fingerprint density at radius 3 is 2.44 bits per heavy atom. The molecule has 32 heavy (non-hydrogen) atoms. The highest BCUT2D eigenvalue weighted by Crippen LogP contribution is 2.36. The summed E-state index contributed by atoms with van der Waals surface area (Å²) >= 11 is 0. The first-order valence-electron chi connectivity index (χ1n) is 10.7. The van der Waals surface area contributed by atoms with Crippen molar-refractivity contribution in [3.05, 3.63) is 59.7 Å². The predicted octanol–water partition coefficient (Wildman–Crippen LogP) is 4.02. The summed E-state index contributed by atoms with van der Waals surface area (Å²) in [7, 11) is -3.44. The molecule has 1 aliphatic heterocycles. The molecule has 172 valence electrons. The van der Waals surface area contributed by atoms with Crippen molar-refractivity contribution >= 4 is 27.5 Å². The Morgan fingerprint density at radius 1 is 1.19 bits per heavy atom. The molecule has 0 bridgehead atoms. The smallest absolute Gasteiger partial charge is 0.408 e. The Hall–Kier alpha value is -2.87. The molecule has 0 saturated heterocycles. The van der Waals surface area contributed by atoms with Crippen LogP contribution in [-0.2, 0) is 25.8 Å². The Labute approximate surface area is 189 Å². The van der Waals surface area contributed by atoms with E-state index in [-0.39, 0.29) is 29.0 Å². The van der Waals surface area contributed by atoms with Gasteiger partial charge in [0.2, 0.25) is 0 Å². The van der Waals surface area contributed by atoms with Gasteiger partial charge in [0.1, 0.15) is 11.6 Å². The minimum atomic E-state index is -3.44. The fraction of sp³-hybridized carbons (Fsp3) is 0.417. The molecule has 1 heterocycles. The number of rotatable bonds is 5. The fourth-order valence-corrected chi connectivity index (χ4v) is 4.64. The lowest BCUT2D eigenvalue weighted by atomic mass is 9.94. The summed E-state index contributed by atoms with van der Waals surface area (Å²) in [6, 6.07) is 13.1. The number of carbonyl (C=O) groups is 2. The lowest BCUT2D eigenvalue weighted by Gasteiger charge is -2.38. The van der Waals surface area contributed by atoms with Crippen molar-refractivity contribution in [2.75, 3.05) is 10.7 Å². The lowest BCUT2D eigenvalue weighted by molar-refractivity contribution is -0.121. The Kier molecular flexibility index (Phi) is 6.64. The van der Waals surface area contributed by atoms with Crippen molar-refractivity contribution < 1.29 is 22.7 Å². The largest absolute Gasteiger partial charge is 0.444 e. The average molecular weight is 459 g/mol. The maximum Gasteiger partial charge on any atom is 0.408 e. The van der Waals surface area contributed by atoms with Crippen LogP contribution in [0.3, 0.4) is 0 Å². The molecule has 2 aromatic rings. The molecule has 0 unspecified atom stereocenters. The molecule has 2 aromatic carbocycles. The number of alkyl carbamates (subject to hydrolysis) is 1. The van der Waals surface area contributed by atoms with Crippen molar-refractivity contribution in [3.63, 3.8) is 0 Å². The highest BCUT2D eigenvalue weighted by Gasteiger charge is 2.38. The highest BCUT2D eigenvalue weighted by molar-refractivity contribution is 7.91. The van der Waals surface area contributed by atoms with Crippen LogP contribution in [0.4, 0.5) is 10.5 Å². The highest BCUT2D eigenvalue weighted by atomic mass is 32.2. The molecule has 7 nitrogen and oxygen atoms in total. The second-order valence-corrected chi connectivity index (χ2v) is 11.2. The lowest BCUT2D eigenvalue weighted by Crippen LogP contribution is -2.54. The van der Waals surface area contributed by atoms with Crippen molar-refractivity contribution in [2.24, 2.45) is 0 Å². The van der Waals surface area contributed by atoms with Gasteiger partial charge in [-0.15, -0.1) is 0 Å². The summed E-state index contributed by atoms with van der Waals surface area (Å²) in [6.45, 7) is 8.73. The molecule has 2 atom stereocenters. The van der Waals surface area contributed by atoms with Gasteiger partial charge in [-0.2, -0.15) is 0 Å². The van der Waals surface area contributed by atoms with Gasteiger partial charge in [-0.1, -0.05) is 43.3 Å². The van der Waals surface area contributed by atoms with Gasteiger partial charge in [0.15, 0.2) is 9.84 Å². The number of sulfone groups is 1. The number of hydrogen-bond acceptors (Lipinski definition) is 5. The summed E-state index contributed by atoms with van der Waals surface area (Å²) in [4.78, 5) is 27.7. The van der Waals surface area contributed by atoms with Crippen LogP contribution in [0.2, 0.25) is 0 Å². The van der Waals surface area contributed by atoms with E-state index in [1.54, 1.807) is 50.8 Å². The number of anilines is 1. The fourth-order valence-electron chi connectivity index (χ4n) is 3.74. The molecule has 0 saturated carbocycles. The van der Waals surface area contributed by atoms with E-state index in [1.165, 1.54) is 0 Å². The first-order valence-corrected chi connectivity index (χ1v) is 12.3. The van der Waals surface area contributed by atoms with E-state index in [9.17, 15) is 18.0 Å². The van der Waals surface area contributed by atoms with Crippen LogP contribution in [0.25, 0.3) is 0 Å². The van der Waals surface area contributed by atoms with Crippen molar-refractivity contribution in [1.29, 1.82) is 0 Å². The van der Waals surface area contributed by atoms with Crippen LogP contribution in [0.15, 0.2) is 53.4 Å². The maximum absolute atomic E-state index is 13.5. The van der Waals surface area contributed by atoms with Gasteiger partial charge in [-0.25, -0.2) is 13.2 Å². The number of fused-ring (bicyclic) bond motifs is 1. The molecular formula is C24H30N2O5S. The number of amides is 2. The van der Waals surface area contributed by atoms with E-state index in [4.69, 9.17) is 4.74 Å². The van der Waals surface area contributed by atoms with Gasteiger partial charge < -0.3 is 15.0 Å². The zero-order valence-electron chi connectivity index (χ0n) is 19.1. The van der Waals surface area contributed by atoms with Crippen LogP contribution in [0.5, 0.6) is 0 Å². The third-order valence-electron chi connectivity index (χ3n) is 5.38. The third kappa shape index (κ3) is 5.12. The Bertz CT molecular complexity index is 1110. The molecule has 0 aromatic heterocycles. The van der Waals surface area contributed by atoms with Crippen LogP contribution in [-0.4, -0.2) is 37.8 Å². The quantitative estimate of drug-likeness (QED) is 0.730. The minimum Gasteiger partial charge on any atom is -0.444 e. The predicted molar refractivity (Wildman–Crippen MR) is 123 cm³/mol. The van der Waals surface area contributed by atoms with Crippen molar-refractivity contribution in [2.45, 2.75) is 63.6 Å². The molecule has 0 radical (unpaired) electrons. The first-order chi connectivity index (χ1) is 14.9. The summed E-state index contributed by atoms with van der Waals surface area (Å²) < 4.78 is 30.3. The number of benzene rings is 2.